The van der Waals surface area contributed by atoms with Crippen LogP contribution >= 0.6 is 0 Å². The molecule has 0 unspecified atom stereocenters. The highest BCUT2D eigenvalue weighted by molar-refractivity contribution is 5.97. The van der Waals surface area contributed by atoms with Crippen molar-refractivity contribution in [2.24, 2.45) is 5.16 Å². The van der Waals surface area contributed by atoms with Crippen molar-refractivity contribution in [3.8, 4) is 0 Å². The van der Waals surface area contributed by atoms with E-state index in [0.29, 0.717) is 5.36 Å². The molecule has 4 aromatic rings. The molecule has 176 valence electrons. The lowest BCUT2D eigenvalue weighted by Gasteiger charge is -2.20. The van der Waals surface area contributed by atoms with Crippen LogP contribution in [0.2, 0.25) is 0 Å². The first-order chi connectivity index (χ1) is 16.5. The molecule has 0 fully saturated rings. The minimum absolute atomic E-state index is 0.0709. The summed E-state index contributed by atoms with van der Waals surface area (Å²) >= 11 is 0. The van der Waals surface area contributed by atoms with Gasteiger partial charge in [0.1, 0.15) is 12.5 Å². The summed E-state index contributed by atoms with van der Waals surface area (Å²) in [5.41, 5.74) is 6.47. The summed E-state index contributed by atoms with van der Waals surface area (Å²) in [4.78, 5) is 16.8. The normalized spacial score (nSPS) is 11.9. The number of carbonyl (C=O) groups is 1. The Balaban J connectivity index is 1.80. The smallest absolute Gasteiger partial charge is 0.307 e. The van der Waals surface area contributed by atoms with Crippen molar-refractivity contribution in [1.82, 2.24) is 9.88 Å². The standard InChI is InChI=1S/C28H31N3O3/c1-19-13-14-23-27(30-34-3)26-22(17-25(32)33)11-7-12-24(26)31(28(23)20(19)2)16-8-15-29-18-21-9-5-4-6-10-21/h4-7,9-14,29H,8,15-18H2,1-3H3,(H,32,33). The number of rotatable bonds is 9. The van der Waals surface area contributed by atoms with E-state index in [2.05, 4.69) is 65.3 Å². The molecule has 0 spiro atoms. The fraction of sp³-hybridized carbons (Fsp3) is 0.286. The summed E-state index contributed by atoms with van der Waals surface area (Å²) in [6.45, 7) is 6.74. The molecule has 2 N–H and O–H groups in total. The summed E-state index contributed by atoms with van der Waals surface area (Å²) in [7, 11) is 1.53. The molecule has 0 aliphatic carbocycles. The molecule has 34 heavy (non-hydrogen) atoms. The van der Waals surface area contributed by atoms with Gasteiger partial charge in [-0.05, 0) is 55.1 Å². The fourth-order valence-corrected chi connectivity index (χ4v) is 4.60. The number of nitrogens with zero attached hydrogens (tertiary/aromatic N) is 2. The maximum absolute atomic E-state index is 11.6. The topological polar surface area (TPSA) is 75.8 Å². The van der Waals surface area contributed by atoms with Crippen LogP contribution in [0.5, 0.6) is 0 Å². The number of hydrogen-bond donors (Lipinski definition) is 2. The third kappa shape index (κ3) is 4.82. The van der Waals surface area contributed by atoms with Crippen molar-refractivity contribution in [2.45, 2.75) is 39.8 Å². The number of carboxylic acids is 1. The Morgan fingerprint density at radius 3 is 2.59 bits per heavy atom. The van der Waals surface area contributed by atoms with Crippen LogP contribution in [0.25, 0.3) is 21.8 Å². The van der Waals surface area contributed by atoms with E-state index in [1.165, 1.54) is 23.8 Å². The summed E-state index contributed by atoms with van der Waals surface area (Å²) in [6.07, 6.45) is 0.859. The number of nitrogens with one attached hydrogen (secondary N) is 1. The molecule has 0 saturated heterocycles. The number of pyridine rings is 1. The van der Waals surface area contributed by atoms with Crippen LogP contribution in [0.15, 0.2) is 65.8 Å². The number of aliphatic carboxylic acids is 1. The average molecular weight is 458 g/mol. The zero-order valence-electron chi connectivity index (χ0n) is 20.0. The van der Waals surface area contributed by atoms with Gasteiger partial charge in [-0.25, -0.2) is 0 Å². The molecular formula is C28H31N3O3. The van der Waals surface area contributed by atoms with E-state index >= 15 is 0 Å². The number of aryl methyl sites for hydroxylation is 3. The summed E-state index contributed by atoms with van der Waals surface area (Å²) in [6, 6.07) is 20.4. The minimum Gasteiger partial charge on any atom is -0.481 e. The summed E-state index contributed by atoms with van der Waals surface area (Å²) in [5.74, 6) is -0.868. The summed E-state index contributed by atoms with van der Waals surface area (Å²) in [5, 5.41) is 19.9. The minimum atomic E-state index is -0.868. The molecule has 1 aromatic heterocycles. The quantitative estimate of drug-likeness (QED) is 0.217. The van der Waals surface area contributed by atoms with Gasteiger partial charge < -0.3 is 19.8 Å². The molecule has 0 aliphatic rings. The third-order valence-electron chi connectivity index (χ3n) is 6.31. The molecular weight excluding hydrogens is 426 g/mol. The number of benzene rings is 3. The highest BCUT2D eigenvalue weighted by Crippen LogP contribution is 2.27. The second-order valence-electron chi connectivity index (χ2n) is 8.58. The predicted octanol–water partition coefficient (Wildman–Crippen LogP) is 4.68. The lowest BCUT2D eigenvalue weighted by Crippen LogP contribution is -2.20. The highest BCUT2D eigenvalue weighted by atomic mass is 16.6. The van der Waals surface area contributed by atoms with Gasteiger partial charge in [0.2, 0.25) is 0 Å². The molecule has 0 bridgehead atoms. The lowest BCUT2D eigenvalue weighted by molar-refractivity contribution is -0.136. The van der Waals surface area contributed by atoms with Crippen LogP contribution in [0.1, 0.15) is 28.7 Å². The third-order valence-corrected chi connectivity index (χ3v) is 6.31. The molecule has 6 heteroatoms. The zero-order chi connectivity index (χ0) is 24.1. The Morgan fingerprint density at radius 2 is 1.85 bits per heavy atom. The van der Waals surface area contributed by atoms with Crippen LogP contribution < -0.4 is 10.7 Å². The Kier molecular flexibility index (Phi) is 7.28. The Bertz CT molecular complexity index is 1390. The monoisotopic (exact) mass is 457 g/mol. The second kappa shape index (κ2) is 10.5. The molecule has 4 rings (SSSR count). The predicted molar refractivity (Wildman–Crippen MR) is 136 cm³/mol. The fourth-order valence-electron chi connectivity index (χ4n) is 4.60. The van der Waals surface area contributed by atoms with Gasteiger partial charge in [0.15, 0.2) is 0 Å². The molecule has 0 radical (unpaired) electrons. The number of fused-ring (bicyclic) bond motifs is 2. The number of hydrogen-bond acceptors (Lipinski definition) is 4. The van der Waals surface area contributed by atoms with Crippen molar-refractivity contribution in [1.29, 1.82) is 0 Å². The maximum atomic E-state index is 11.6. The van der Waals surface area contributed by atoms with Gasteiger partial charge in [-0.2, -0.15) is 0 Å². The highest BCUT2D eigenvalue weighted by Gasteiger charge is 2.17. The first kappa shape index (κ1) is 23.5. The van der Waals surface area contributed by atoms with Crippen LogP contribution in [0, 0.1) is 13.8 Å². The van der Waals surface area contributed by atoms with Crippen LogP contribution in [0.3, 0.4) is 0 Å². The molecule has 6 nitrogen and oxygen atoms in total. The Morgan fingerprint density at radius 1 is 1.06 bits per heavy atom. The van der Waals surface area contributed by atoms with Crippen molar-refractivity contribution in [2.75, 3.05) is 13.7 Å². The average Bonchev–Trinajstić information content (AvgIpc) is 2.83. The molecule has 3 aromatic carbocycles. The van der Waals surface area contributed by atoms with E-state index in [0.717, 1.165) is 53.4 Å². The SMILES string of the molecule is CON=c1c2ccc(C)c(C)c2n(CCCNCc2ccccc2)c2cccc(CC(=O)O)c12. The molecule has 0 saturated carbocycles. The van der Waals surface area contributed by atoms with Gasteiger partial charge in [0, 0.05) is 23.9 Å². The van der Waals surface area contributed by atoms with E-state index in [4.69, 9.17) is 4.84 Å². The Labute approximate surface area is 199 Å². The lowest BCUT2D eigenvalue weighted by atomic mass is 9.98. The van der Waals surface area contributed by atoms with Crippen molar-refractivity contribution >= 4 is 27.8 Å². The van der Waals surface area contributed by atoms with E-state index in [9.17, 15) is 9.90 Å². The van der Waals surface area contributed by atoms with Crippen molar-refractivity contribution in [3.05, 3.63) is 88.3 Å². The van der Waals surface area contributed by atoms with E-state index in [1.807, 2.05) is 24.3 Å². The maximum Gasteiger partial charge on any atom is 0.307 e. The van der Waals surface area contributed by atoms with E-state index in [-0.39, 0.29) is 6.42 Å². The summed E-state index contributed by atoms with van der Waals surface area (Å²) < 4.78 is 2.32. The van der Waals surface area contributed by atoms with Crippen LogP contribution in [-0.4, -0.2) is 29.3 Å². The van der Waals surface area contributed by atoms with Gasteiger partial charge in [0.05, 0.1) is 17.5 Å². The number of aromatic nitrogens is 1. The van der Waals surface area contributed by atoms with Crippen molar-refractivity contribution < 1.29 is 14.7 Å². The largest absolute Gasteiger partial charge is 0.481 e. The van der Waals surface area contributed by atoms with Crippen LogP contribution in [-0.2, 0) is 29.1 Å². The van der Waals surface area contributed by atoms with Gasteiger partial charge >= 0.3 is 5.97 Å². The van der Waals surface area contributed by atoms with E-state index < -0.39 is 5.97 Å². The van der Waals surface area contributed by atoms with Gasteiger partial charge in [-0.3, -0.25) is 4.79 Å². The van der Waals surface area contributed by atoms with Crippen LogP contribution in [0.4, 0.5) is 0 Å². The first-order valence-corrected chi connectivity index (χ1v) is 11.6. The van der Waals surface area contributed by atoms with E-state index in [1.54, 1.807) is 0 Å². The van der Waals surface area contributed by atoms with Gasteiger partial charge in [-0.1, -0.05) is 59.8 Å². The second-order valence-corrected chi connectivity index (χ2v) is 8.58. The molecule has 1 heterocycles. The first-order valence-electron chi connectivity index (χ1n) is 11.6. The molecule has 0 amide bonds. The zero-order valence-corrected chi connectivity index (χ0v) is 20.0. The molecule has 0 aliphatic heterocycles. The van der Waals surface area contributed by atoms with Gasteiger partial charge in [0.25, 0.3) is 0 Å². The number of carboxylic acid groups (broad SMARTS) is 1. The van der Waals surface area contributed by atoms with Crippen molar-refractivity contribution in [3.63, 3.8) is 0 Å². The Hall–Kier alpha value is -3.64. The molecule has 0 atom stereocenters. The van der Waals surface area contributed by atoms with Gasteiger partial charge in [-0.15, -0.1) is 0 Å².